The van der Waals surface area contributed by atoms with Gasteiger partial charge in [0.1, 0.15) is 0 Å². The number of nitro groups is 1. The highest BCUT2D eigenvalue weighted by Gasteiger charge is 2.32. The Balaban J connectivity index is 2.70. The summed E-state index contributed by atoms with van der Waals surface area (Å²) in [6.45, 7) is 3.30. The van der Waals surface area contributed by atoms with Gasteiger partial charge in [-0.2, -0.15) is 0 Å². The summed E-state index contributed by atoms with van der Waals surface area (Å²) in [7, 11) is -3.20. The average molecular weight is 411 g/mol. The van der Waals surface area contributed by atoms with Crippen LogP contribution in [0.4, 0.5) is 11.4 Å². The lowest BCUT2D eigenvalue weighted by atomic mass is 10.2. The molecule has 2 aromatic carbocycles. The third-order valence-electron chi connectivity index (χ3n) is 3.56. The number of benzene rings is 2. The second-order valence-electron chi connectivity index (χ2n) is 5.21. The molecule has 0 unspecified atom stereocenters. The van der Waals surface area contributed by atoms with Gasteiger partial charge in [-0.1, -0.05) is 29.8 Å². The van der Waals surface area contributed by atoms with Crippen molar-refractivity contribution in [1.82, 2.24) is 0 Å². The Morgan fingerprint density at radius 2 is 2.00 bits per heavy atom. The molecule has 0 bridgehead atoms. The van der Waals surface area contributed by atoms with Crippen molar-refractivity contribution in [2.24, 2.45) is 0 Å². The Bertz CT molecular complexity index is 1010. The molecule has 142 valence electrons. The average Bonchev–Trinajstić information content (AvgIpc) is 2.66. The smallest absolute Gasteiger partial charge is 0.337 e. The van der Waals surface area contributed by atoms with Crippen molar-refractivity contribution in [3.05, 3.63) is 75.8 Å². The standard InChI is InChI=1S/C17H15ClN2O6S/c1-3-10-19(15-11-12(17(21)26-2)8-9-13(15)18)27(24,25)16-7-5-4-6-14(16)20(22)23/h3-9,11H,1,10H2,2H3. The zero-order valence-electron chi connectivity index (χ0n) is 14.2. The van der Waals surface area contributed by atoms with Gasteiger partial charge in [-0.15, -0.1) is 6.58 Å². The van der Waals surface area contributed by atoms with E-state index in [0.717, 1.165) is 16.4 Å². The van der Waals surface area contributed by atoms with E-state index in [-0.39, 0.29) is 22.8 Å². The number of carbonyl (C=O) groups is 1. The number of carbonyl (C=O) groups excluding carboxylic acids is 1. The highest BCUT2D eigenvalue weighted by molar-refractivity contribution is 7.93. The molecule has 0 amide bonds. The van der Waals surface area contributed by atoms with Gasteiger partial charge in [-0.3, -0.25) is 14.4 Å². The molecule has 2 rings (SSSR count). The predicted molar refractivity (Wildman–Crippen MR) is 101 cm³/mol. The molecule has 8 nitrogen and oxygen atoms in total. The van der Waals surface area contributed by atoms with Crippen LogP contribution in [0.15, 0.2) is 60.0 Å². The molecule has 0 saturated heterocycles. The second-order valence-corrected chi connectivity index (χ2v) is 7.45. The van der Waals surface area contributed by atoms with Crippen molar-refractivity contribution in [1.29, 1.82) is 0 Å². The van der Waals surface area contributed by atoms with Gasteiger partial charge in [0.15, 0.2) is 4.90 Å². The van der Waals surface area contributed by atoms with Crippen molar-refractivity contribution in [3.63, 3.8) is 0 Å². The van der Waals surface area contributed by atoms with Gasteiger partial charge < -0.3 is 4.74 Å². The molecule has 0 aromatic heterocycles. The number of methoxy groups -OCH3 is 1. The minimum atomic E-state index is -4.38. The molecule has 0 aliphatic rings. The first kappa shape index (κ1) is 20.4. The molecule has 0 N–H and O–H groups in total. The Morgan fingerprint density at radius 1 is 1.33 bits per heavy atom. The first-order valence-electron chi connectivity index (χ1n) is 7.49. The molecule has 0 saturated carbocycles. The summed E-state index contributed by atoms with van der Waals surface area (Å²) < 4.78 is 31.8. The first-order valence-corrected chi connectivity index (χ1v) is 9.30. The van der Waals surface area contributed by atoms with E-state index in [1.807, 2.05) is 0 Å². The summed E-state index contributed by atoms with van der Waals surface area (Å²) in [5, 5.41) is 11.3. The number of halogens is 1. The van der Waals surface area contributed by atoms with Crippen LogP contribution in [0.5, 0.6) is 0 Å². The third kappa shape index (κ3) is 4.09. The summed E-state index contributed by atoms with van der Waals surface area (Å²) in [4.78, 5) is 21.7. The summed E-state index contributed by atoms with van der Waals surface area (Å²) in [6, 6.07) is 8.91. The zero-order chi connectivity index (χ0) is 20.2. The van der Waals surface area contributed by atoms with Crippen LogP contribution in [0.25, 0.3) is 0 Å². The largest absolute Gasteiger partial charge is 0.465 e. The maximum atomic E-state index is 13.1. The van der Waals surface area contributed by atoms with Crippen LogP contribution in [0.2, 0.25) is 5.02 Å². The molecule has 27 heavy (non-hydrogen) atoms. The van der Waals surface area contributed by atoms with Crippen molar-refractivity contribution >= 4 is 39.0 Å². The minimum Gasteiger partial charge on any atom is -0.465 e. The maximum absolute atomic E-state index is 13.1. The number of esters is 1. The predicted octanol–water partition coefficient (Wildman–Crippen LogP) is 3.42. The van der Waals surface area contributed by atoms with Crippen molar-refractivity contribution in [3.8, 4) is 0 Å². The molecule has 0 heterocycles. The fourth-order valence-electron chi connectivity index (χ4n) is 2.34. The lowest BCUT2D eigenvalue weighted by molar-refractivity contribution is -0.387. The fraction of sp³-hybridized carbons (Fsp3) is 0.118. The summed E-state index contributed by atoms with van der Waals surface area (Å²) in [5.74, 6) is -0.686. The molecule has 10 heteroatoms. The van der Waals surface area contributed by atoms with Crippen molar-refractivity contribution in [2.45, 2.75) is 4.90 Å². The number of nitrogens with zero attached hydrogens (tertiary/aromatic N) is 2. The summed E-state index contributed by atoms with van der Waals surface area (Å²) in [6.07, 6.45) is 1.30. The van der Waals surface area contributed by atoms with Gasteiger partial charge in [0.2, 0.25) is 0 Å². The lowest BCUT2D eigenvalue weighted by Gasteiger charge is -2.24. The van der Waals surface area contributed by atoms with E-state index >= 15 is 0 Å². The summed E-state index contributed by atoms with van der Waals surface area (Å²) >= 11 is 6.14. The van der Waals surface area contributed by atoms with Crippen LogP contribution in [-0.2, 0) is 14.8 Å². The van der Waals surface area contributed by atoms with E-state index < -0.39 is 31.5 Å². The van der Waals surface area contributed by atoms with Gasteiger partial charge in [0, 0.05) is 6.07 Å². The van der Waals surface area contributed by atoms with Gasteiger partial charge in [0.05, 0.1) is 34.9 Å². The first-order chi connectivity index (χ1) is 12.7. The van der Waals surface area contributed by atoms with Crippen LogP contribution < -0.4 is 4.31 Å². The van der Waals surface area contributed by atoms with Crippen LogP contribution >= 0.6 is 11.6 Å². The maximum Gasteiger partial charge on any atom is 0.337 e. The Morgan fingerprint density at radius 3 is 2.59 bits per heavy atom. The molecule has 0 radical (unpaired) electrons. The fourth-order valence-corrected chi connectivity index (χ4v) is 4.21. The number of para-hydroxylation sites is 1. The lowest BCUT2D eigenvalue weighted by Crippen LogP contribution is -2.32. The molecule has 0 aliphatic carbocycles. The van der Waals surface area contributed by atoms with Crippen LogP contribution in [0.3, 0.4) is 0 Å². The topological polar surface area (TPSA) is 107 Å². The molecular weight excluding hydrogens is 396 g/mol. The van der Waals surface area contributed by atoms with Gasteiger partial charge in [-0.25, -0.2) is 13.2 Å². The van der Waals surface area contributed by atoms with E-state index in [4.69, 9.17) is 11.6 Å². The normalized spacial score (nSPS) is 10.9. The number of nitro benzene ring substituents is 1. The van der Waals surface area contributed by atoms with Gasteiger partial charge in [-0.05, 0) is 24.3 Å². The Labute approximate surface area is 160 Å². The summed E-state index contributed by atoms with van der Waals surface area (Å²) in [5.41, 5.74) is -0.534. The number of hydrogen-bond donors (Lipinski definition) is 0. The zero-order valence-corrected chi connectivity index (χ0v) is 15.7. The van der Waals surface area contributed by atoms with Crippen LogP contribution in [-0.4, -0.2) is 33.0 Å². The molecule has 0 fully saturated rings. The number of anilines is 1. The molecule has 0 atom stereocenters. The number of ether oxygens (including phenoxy) is 1. The van der Waals surface area contributed by atoms with E-state index in [9.17, 15) is 23.3 Å². The monoisotopic (exact) mass is 410 g/mol. The highest BCUT2D eigenvalue weighted by Crippen LogP contribution is 2.34. The van der Waals surface area contributed by atoms with E-state index in [2.05, 4.69) is 11.3 Å². The Hall–Kier alpha value is -2.91. The van der Waals surface area contributed by atoms with Crippen molar-refractivity contribution < 1.29 is 22.9 Å². The van der Waals surface area contributed by atoms with Crippen LogP contribution in [0, 0.1) is 10.1 Å². The van der Waals surface area contributed by atoms with E-state index in [1.54, 1.807) is 0 Å². The quantitative estimate of drug-likeness (QED) is 0.299. The third-order valence-corrected chi connectivity index (χ3v) is 5.71. The molecule has 2 aromatic rings. The van der Waals surface area contributed by atoms with Gasteiger partial charge >= 0.3 is 5.97 Å². The molecule has 0 aliphatic heterocycles. The second kappa shape index (κ2) is 8.19. The number of sulfonamides is 1. The van der Waals surface area contributed by atoms with E-state index in [0.29, 0.717) is 0 Å². The molecular formula is C17H15ClN2O6S. The Kier molecular flexibility index (Phi) is 6.19. The van der Waals surface area contributed by atoms with Gasteiger partial charge in [0.25, 0.3) is 15.7 Å². The highest BCUT2D eigenvalue weighted by atomic mass is 35.5. The minimum absolute atomic E-state index is 0.0300. The number of hydrogen-bond acceptors (Lipinski definition) is 6. The van der Waals surface area contributed by atoms with E-state index in [1.165, 1.54) is 43.5 Å². The SMILES string of the molecule is C=CCN(c1cc(C(=O)OC)ccc1Cl)S(=O)(=O)c1ccccc1[N+](=O)[O-]. The number of rotatable bonds is 7. The van der Waals surface area contributed by atoms with Crippen LogP contribution in [0.1, 0.15) is 10.4 Å². The molecule has 0 spiro atoms. The van der Waals surface area contributed by atoms with Crippen molar-refractivity contribution in [2.75, 3.05) is 18.0 Å².